The first-order chi connectivity index (χ1) is 23.0. The lowest BCUT2D eigenvalue weighted by Gasteiger charge is -2.53. The van der Waals surface area contributed by atoms with Gasteiger partial charge >= 0.3 is 0 Å². The molecule has 18 atom stereocenters. The van der Waals surface area contributed by atoms with Gasteiger partial charge in [-0.25, -0.2) is 0 Å². The summed E-state index contributed by atoms with van der Waals surface area (Å²) in [6.45, 7) is 0.221. The third-order valence-electron chi connectivity index (χ3n) is 13.0. The van der Waals surface area contributed by atoms with E-state index in [1.165, 1.54) is 7.11 Å². The van der Waals surface area contributed by atoms with Crippen molar-refractivity contribution in [3.05, 3.63) is 0 Å². The number of hydrogen-bond acceptors (Lipinski definition) is 13. The molecular formula is C35H58N2O11. The molecule has 2 aliphatic heterocycles. The summed E-state index contributed by atoms with van der Waals surface area (Å²) in [5.74, 6) is -2.81. The number of ether oxygens (including phenoxy) is 3. The molecule has 48 heavy (non-hydrogen) atoms. The topological polar surface area (TPSA) is 221 Å². The predicted octanol–water partition coefficient (Wildman–Crippen LogP) is -0.400. The lowest BCUT2D eigenvalue weighted by molar-refractivity contribution is -0.319. The Balaban J connectivity index is 1.24. The summed E-state index contributed by atoms with van der Waals surface area (Å²) >= 11 is 0. The van der Waals surface area contributed by atoms with Crippen LogP contribution in [-0.2, 0) is 23.8 Å². The largest absolute Gasteiger partial charge is 0.394 e. The van der Waals surface area contributed by atoms with Crippen LogP contribution in [0.15, 0.2) is 0 Å². The number of rotatable bonds is 9. The van der Waals surface area contributed by atoms with Crippen molar-refractivity contribution in [3.8, 4) is 0 Å². The fraction of sp³-hybridized carbons (Fsp3) is 0.943. The number of ketones is 2. The van der Waals surface area contributed by atoms with Crippen molar-refractivity contribution in [2.45, 2.75) is 138 Å². The number of carbonyl (C=O) groups is 2. The van der Waals surface area contributed by atoms with Gasteiger partial charge in [0.2, 0.25) is 0 Å². The zero-order valence-electron chi connectivity index (χ0n) is 28.1. The number of methoxy groups -OCH3 is 1. The summed E-state index contributed by atoms with van der Waals surface area (Å²) < 4.78 is 17.5. The second-order valence-corrected chi connectivity index (χ2v) is 15.9. The van der Waals surface area contributed by atoms with E-state index in [1.54, 1.807) is 0 Å². The molecule has 6 aliphatic rings. The molecule has 274 valence electrons. The maximum Gasteiger partial charge on any atom is 0.186 e. The van der Waals surface area contributed by atoms with Gasteiger partial charge in [0.25, 0.3) is 0 Å². The molecule has 6 rings (SSSR count). The van der Waals surface area contributed by atoms with Crippen molar-refractivity contribution in [3.63, 3.8) is 0 Å². The van der Waals surface area contributed by atoms with Gasteiger partial charge in [-0.3, -0.25) is 9.59 Å². The molecular weight excluding hydrogens is 624 g/mol. The van der Waals surface area contributed by atoms with Crippen molar-refractivity contribution in [2.24, 2.45) is 53.1 Å². The molecule has 2 saturated heterocycles. The molecule has 0 aromatic heterocycles. The summed E-state index contributed by atoms with van der Waals surface area (Å²) in [4.78, 5) is 29.1. The highest BCUT2D eigenvalue weighted by atomic mass is 16.7. The Morgan fingerprint density at radius 2 is 1.60 bits per heavy atom. The number of carbonyl (C=O) groups excluding carboxylic acids is 2. The van der Waals surface area contributed by atoms with Gasteiger partial charge in [-0.15, -0.1) is 0 Å². The molecule has 13 heteroatoms. The van der Waals surface area contributed by atoms with Gasteiger partial charge in [0.15, 0.2) is 6.29 Å². The second-order valence-electron chi connectivity index (χ2n) is 15.9. The fourth-order valence-electron chi connectivity index (χ4n) is 10.3. The van der Waals surface area contributed by atoms with E-state index in [4.69, 9.17) is 19.9 Å². The van der Waals surface area contributed by atoms with Gasteiger partial charge in [-0.1, -0.05) is 12.8 Å². The van der Waals surface area contributed by atoms with Crippen molar-refractivity contribution < 1.29 is 54.4 Å². The van der Waals surface area contributed by atoms with Crippen LogP contribution in [0.3, 0.4) is 0 Å². The van der Waals surface area contributed by atoms with Crippen LogP contribution in [-0.4, -0.2) is 124 Å². The van der Waals surface area contributed by atoms with Gasteiger partial charge in [0, 0.05) is 25.4 Å². The molecule has 4 saturated carbocycles. The minimum Gasteiger partial charge on any atom is -0.394 e. The number of aliphatic hydroxyl groups excluding tert-OH is 6. The summed E-state index contributed by atoms with van der Waals surface area (Å²) in [6, 6.07) is 0. The summed E-state index contributed by atoms with van der Waals surface area (Å²) in [5.41, 5.74) is 6.06. The van der Waals surface area contributed by atoms with Gasteiger partial charge in [-0.05, 0) is 88.0 Å². The molecule has 0 spiro atoms. The Bertz CT molecular complexity index is 1100. The molecule has 4 aliphatic carbocycles. The predicted molar refractivity (Wildman–Crippen MR) is 171 cm³/mol. The Kier molecular flexibility index (Phi) is 12.0. The number of hydrogen-bond donors (Lipinski definition) is 8. The summed E-state index contributed by atoms with van der Waals surface area (Å²) in [6.07, 6.45) is -1.30. The van der Waals surface area contributed by atoms with Crippen LogP contribution < -0.4 is 11.1 Å². The average Bonchev–Trinajstić information content (AvgIpc) is 3.08. The van der Waals surface area contributed by atoms with Gasteiger partial charge in [0.1, 0.15) is 36.0 Å². The normalized spacial score (nSPS) is 50.1. The van der Waals surface area contributed by atoms with Crippen LogP contribution in [0, 0.1) is 47.3 Å². The standard InChI is InChI=1S/C35H58N2O11/c1-46-20-12-23-27(24(13-20)47-35-34(45)33(44)31(42)25(15-38)48-35)32(43)28-22(29(23)40)11-18(7-5-16-6-8-26(36)37-14-16)21(30(28)41)10-17-3-2-4-19(39)9-17/h16-28,30-31,33-35,37-39,41-42,44-45H,2-15,36H2,1H3/t16?,17?,18?,19?,20?,21?,22?,23?,24?,25-,26?,27?,28?,30?,31-,33+,34-,35+/m1/s1. The number of aliphatic hydroxyl groups is 6. The van der Waals surface area contributed by atoms with Crippen LogP contribution in [0.25, 0.3) is 0 Å². The number of piperidine rings is 1. The van der Waals surface area contributed by atoms with E-state index in [1.807, 2.05) is 0 Å². The van der Waals surface area contributed by atoms with Gasteiger partial charge in [0.05, 0.1) is 49.0 Å². The van der Waals surface area contributed by atoms with Crippen LogP contribution >= 0.6 is 0 Å². The van der Waals surface area contributed by atoms with Crippen LogP contribution in [0.5, 0.6) is 0 Å². The summed E-state index contributed by atoms with van der Waals surface area (Å²) in [7, 11) is 1.54. The molecule has 13 nitrogen and oxygen atoms in total. The van der Waals surface area contributed by atoms with E-state index in [9.17, 15) is 40.2 Å². The zero-order valence-corrected chi connectivity index (χ0v) is 28.1. The quantitative estimate of drug-likeness (QED) is 0.155. The van der Waals surface area contributed by atoms with Crippen molar-refractivity contribution in [1.29, 1.82) is 0 Å². The maximum atomic E-state index is 14.6. The van der Waals surface area contributed by atoms with E-state index >= 15 is 0 Å². The van der Waals surface area contributed by atoms with Gasteiger partial charge < -0.3 is 55.9 Å². The highest BCUT2D eigenvalue weighted by Gasteiger charge is 2.61. The molecule has 9 N–H and O–H groups in total. The van der Waals surface area contributed by atoms with E-state index in [2.05, 4.69) is 5.32 Å². The Hall–Kier alpha value is -1.10. The van der Waals surface area contributed by atoms with Crippen molar-refractivity contribution in [1.82, 2.24) is 5.32 Å². The average molecular weight is 683 g/mol. The van der Waals surface area contributed by atoms with E-state index in [0.29, 0.717) is 31.6 Å². The first-order valence-corrected chi connectivity index (χ1v) is 18.4. The fourth-order valence-corrected chi connectivity index (χ4v) is 10.3. The van der Waals surface area contributed by atoms with E-state index < -0.39 is 79.3 Å². The number of fused-ring (bicyclic) bond motifs is 2. The Morgan fingerprint density at radius 3 is 2.29 bits per heavy atom. The zero-order chi connectivity index (χ0) is 34.3. The van der Waals surface area contributed by atoms with E-state index in [0.717, 1.165) is 51.5 Å². The lowest BCUT2D eigenvalue weighted by Crippen LogP contribution is -2.64. The molecule has 0 amide bonds. The number of nitrogens with one attached hydrogen (secondary N) is 1. The first-order valence-electron chi connectivity index (χ1n) is 18.4. The van der Waals surface area contributed by atoms with Gasteiger partial charge in [-0.2, -0.15) is 0 Å². The lowest BCUT2D eigenvalue weighted by atomic mass is 9.52. The van der Waals surface area contributed by atoms with Crippen LogP contribution in [0.4, 0.5) is 0 Å². The highest BCUT2D eigenvalue weighted by Crippen LogP contribution is 2.53. The van der Waals surface area contributed by atoms with Crippen LogP contribution in [0.1, 0.15) is 77.0 Å². The molecule has 13 unspecified atom stereocenters. The summed E-state index contributed by atoms with van der Waals surface area (Å²) in [5, 5.41) is 67.0. The monoisotopic (exact) mass is 682 g/mol. The van der Waals surface area contributed by atoms with Crippen molar-refractivity contribution >= 4 is 11.6 Å². The highest BCUT2D eigenvalue weighted by molar-refractivity contribution is 6.00. The number of nitrogens with two attached hydrogens (primary N) is 1. The third kappa shape index (κ3) is 7.43. The molecule has 0 radical (unpaired) electrons. The van der Waals surface area contributed by atoms with Crippen molar-refractivity contribution in [2.75, 3.05) is 20.3 Å². The smallest absolute Gasteiger partial charge is 0.186 e. The molecule has 0 bridgehead atoms. The second kappa shape index (κ2) is 15.6. The number of Topliss-reactive ketones (excluding diaryl/α,β-unsaturated/α-hetero) is 2. The SMILES string of the molecule is COC1CC(O[C@H]2O[C@H](CO)[C@@H](O)[C@H](O)[C@H]2O)C2C(=O)C3C(CC(CCC4CCC(N)NC4)C(CC4CCCC(O)C4)C3O)C(=O)C2C1. The van der Waals surface area contributed by atoms with E-state index in [-0.39, 0.29) is 48.0 Å². The minimum absolute atomic E-state index is 0.0164. The first kappa shape index (κ1) is 36.7. The minimum atomic E-state index is -1.65. The molecule has 0 aromatic carbocycles. The molecule has 0 aromatic rings. The Labute approximate surface area is 282 Å². The molecule has 6 fully saturated rings. The van der Waals surface area contributed by atoms with Crippen LogP contribution in [0.2, 0.25) is 0 Å². The Morgan fingerprint density at radius 1 is 0.833 bits per heavy atom. The third-order valence-corrected chi connectivity index (χ3v) is 13.0. The maximum absolute atomic E-state index is 14.6. The molecule has 2 heterocycles.